The Hall–Kier alpha value is -2.09. The van der Waals surface area contributed by atoms with Gasteiger partial charge >= 0.3 is 175 Å². The standard InChI is InChI=1S/C8H11.2C6F5.Pt/c1-2-4-6-8-7-5-3-1;2*7-2-1-3(8)5(10)6(11)4(2)9;/h1-2,7H,3-6H2;;;. The fourth-order valence-electron chi connectivity index (χ4n) is 2.71. The molecular formula is C20H11F10Pt. The van der Waals surface area contributed by atoms with E-state index in [1.54, 1.807) is 12.2 Å². The summed E-state index contributed by atoms with van der Waals surface area (Å²) in [5, 5.41) is 0. The van der Waals surface area contributed by atoms with Gasteiger partial charge in [0.15, 0.2) is 0 Å². The van der Waals surface area contributed by atoms with Crippen LogP contribution in [-0.2, 0) is 17.3 Å². The number of benzene rings is 2. The zero-order valence-corrected chi connectivity index (χ0v) is 17.4. The summed E-state index contributed by atoms with van der Waals surface area (Å²) in [6.45, 7) is 0. The van der Waals surface area contributed by atoms with Gasteiger partial charge in [0.2, 0.25) is 0 Å². The first-order valence-electron chi connectivity index (χ1n) is 8.56. The second-order valence-corrected chi connectivity index (χ2v) is 11.6. The molecule has 2 aromatic rings. The second-order valence-electron chi connectivity index (χ2n) is 6.14. The zero-order valence-electron chi connectivity index (χ0n) is 15.2. The summed E-state index contributed by atoms with van der Waals surface area (Å²) in [7, 11) is 0. The molecule has 0 fully saturated rings. The van der Waals surface area contributed by atoms with Crippen LogP contribution in [0.1, 0.15) is 25.7 Å². The van der Waals surface area contributed by atoms with Crippen molar-refractivity contribution in [3.8, 4) is 0 Å². The molecule has 0 atom stereocenters. The Morgan fingerprint density at radius 3 is 1.23 bits per heavy atom. The predicted molar refractivity (Wildman–Crippen MR) is 87.4 cm³/mol. The molecule has 0 bridgehead atoms. The van der Waals surface area contributed by atoms with E-state index in [2.05, 4.69) is 0 Å². The summed E-state index contributed by atoms with van der Waals surface area (Å²) in [5.41, 5.74) is 0. The van der Waals surface area contributed by atoms with Gasteiger partial charge in [-0.15, -0.1) is 0 Å². The van der Waals surface area contributed by atoms with Crippen molar-refractivity contribution < 1.29 is 61.2 Å². The van der Waals surface area contributed by atoms with Gasteiger partial charge in [-0.25, -0.2) is 0 Å². The van der Waals surface area contributed by atoms with E-state index in [0.29, 0.717) is 6.42 Å². The van der Waals surface area contributed by atoms with E-state index in [1.165, 1.54) is 6.08 Å². The number of halogens is 10. The summed E-state index contributed by atoms with van der Waals surface area (Å²) < 4.78 is 138. The SMILES string of the molecule is Fc1c(F)c(F)[c]([Pt]([C]2=CCCC=CCC2)[c]2c(F)c(F)c(F)c(F)c2F)c(F)c1F. The first-order chi connectivity index (χ1) is 14.6. The third kappa shape index (κ3) is 4.06. The van der Waals surface area contributed by atoms with Crippen molar-refractivity contribution in [1.82, 2.24) is 0 Å². The molecule has 0 amide bonds. The van der Waals surface area contributed by atoms with Gasteiger partial charge in [-0.2, -0.15) is 0 Å². The minimum atomic E-state index is -4.61. The van der Waals surface area contributed by atoms with Crippen molar-refractivity contribution in [2.75, 3.05) is 0 Å². The van der Waals surface area contributed by atoms with E-state index in [0.717, 1.165) is 0 Å². The van der Waals surface area contributed by atoms with E-state index in [1.807, 2.05) is 0 Å². The summed E-state index contributed by atoms with van der Waals surface area (Å²) in [6.07, 6.45) is 5.27. The number of rotatable bonds is 3. The van der Waals surface area contributed by atoms with Gasteiger partial charge in [0.05, 0.1) is 0 Å². The summed E-state index contributed by atoms with van der Waals surface area (Å²) in [6, 6.07) is 0. The Morgan fingerprint density at radius 1 is 0.452 bits per heavy atom. The van der Waals surface area contributed by atoms with Crippen molar-refractivity contribution in [3.63, 3.8) is 0 Å². The van der Waals surface area contributed by atoms with Crippen LogP contribution in [-0.4, -0.2) is 0 Å². The molecule has 1 aliphatic carbocycles. The van der Waals surface area contributed by atoms with Crippen molar-refractivity contribution in [3.05, 3.63) is 80.4 Å². The number of hydrogen-bond acceptors (Lipinski definition) is 0. The molecule has 0 aromatic heterocycles. The Balaban J connectivity index is 2.43. The molecule has 0 aliphatic heterocycles. The molecular weight excluding hydrogens is 625 g/mol. The van der Waals surface area contributed by atoms with Crippen molar-refractivity contribution in [2.24, 2.45) is 0 Å². The number of allylic oxidation sites excluding steroid dienone is 4. The van der Waals surface area contributed by atoms with Crippen LogP contribution in [0.15, 0.2) is 22.2 Å². The van der Waals surface area contributed by atoms with Crippen LogP contribution in [0.2, 0.25) is 0 Å². The normalized spacial score (nSPS) is 14.9. The predicted octanol–water partition coefficient (Wildman–Crippen LogP) is 5.66. The fraction of sp³-hybridized carbons (Fsp3) is 0.200. The first kappa shape index (κ1) is 23.6. The van der Waals surface area contributed by atoms with Crippen LogP contribution in [0.3, 0.4) is 0 Å². The molecule has 0 spiro atoms. The van der Waals surface area contributed by atoms with Gasteiger partial charge in [-0.05, 0) is 0 Å². The molecule has 31 heavy (non-hydrogen) atoms. The van der Waals surface area contributed by atoms with Crippen molar-refractivity contribution in [1.29, 1.82) is 0 Å². The van der Waals surface area contributed by atoms with Crippen LogP contribution < -0.4 is 7.91 Å². The van der Waals surface area contributed by atoms with Crippen molar-refractivity contribution >= 4 is 7.91 Å². The van der Waals surface area contributed by atoms with E-state index in [4.69, 9.17) is 0 Å². The van der Waals surface area contributed by atoms with Gasteiger partial charge in [0.1, 0.15) is 0 Å². The molecule has 171 valence electrons. The molecule has 11 heteroatoms. The first-order valence-corrected chi connectivity index (χ1v) is 12.0. The Morgan fingerprint density at radius 2 is 0.806 bits per heavy atom. The van der Waals surface area contributed by atoms with Gasteiger partial charge in [0.25, 0.3) is 0 Å². The average Bonchev–Trinajstić information content (AvgIpc) is 2.73. The monoisotopic (exact) mass is 636 g/mol. The van der Waals surface area contributed by atoms with Gasteiger partial charge in [0, 0.05) is 0 Å². The molecule has 0 N–H and O–H groups in total. The fourth-order valence-corrected chi connectivity index (χ4v) is 9.42. The molecule has 2 aromatic carbocycles. The quantitative estimate of drug-likeness (QED) is 0.177. The Kier molecular flexibility index (Phi) is 6.98. The molecule has 3 rings (SSSR count). The Bertz CT molecular complexity index is 979. The zero-order chi connectivity index (χ0) is 23.0. The summed E-state index contributed by atoms with van der Waals surface area (Å²) in [4.78, 5) is 0. The van der Waals surface area contributed by atoms with Crippen LogP contribution >= 0.6 is 0 Å². The summed E-state index contributed by atoms with van der Waals surface area (Å²) >= 11 is -4.61. The molecule has 0 unspecified atom stereocenters. The molecule has 1 aliphatic rings. The topological polar surface area (TPSA) is 0 Å². The maximum absolute atomic E-state index is 14.6. The van der Waals surface area contributed by atoms with E-state index >= 15 is 0 Å². The van der Waals surface area contributed by atoms with Gasteiger partial charge < -0.3 is 0 Å². The Labute approximate surface area is 175 Å². The second kappa shape index (κ2) is 9.18. The number of hydrogen-bond donors (Lipinski definition) is 0. The van der Waals surface area contributed by atoms with Crippen LogP contribution in [0.5, 0.6) is 0 Å². The third-order valence-electron chi connectivity index (χ3n) is 4.17. The third-order valence-corrected chi connectivity index (χ3v) is 10.9. The van der Waals surface area contributed by atoms with Crippen LogP contribution in [0, 0.1) is 58.2 Å². The molecule has 0 saturated carbocycles. The van der Waals surface area contributed by atoms with Crippen LogP contribution in [0.4, 0.5) is 43.9 Å². The van der Waals surface area contributed by atoms with E-state index < -0.39 is 83.4 Å². The van der Waals surface area contributed by atoms with E-state index in [9.17, 15) is 43.9 Å². The van der Waals surface area contributed by atoms with Gasteiger partial charge in [-0.1, -0.05) is 0 Å². The van der Waals surface area contributed by atoms with Crippen molar-refractivity contribution in [2.45, 2.75) is 25.7 Å². The minimum absolute atomic E-state index is 0.0965. The van der Waals surface area contributed by atoms with Crippen LogP contribution in [0.25, 0.3) is 0 Å². The van der Waals surface area contributed by atoms with E-state index in [-0.39, 0.29) is 23.2 Å². The summed E-state index contributed by atoms with van der Waals surface area (Å²) in [5.74, 6) is -23.9. The molecule has 0 radical (unpaired) electrons. The molecule has 0 saturated heterocycles. The molecule has 0 heterocycles. The maximum atomic E-state index is 14.6. The van der Waals surface area contributed by atoms with Gasteiger partial charge in [-0.3, -0.25) is 0 Å². The molecule has 0 nitrogen and oxygen atoms in total. The average molecular weight is 636 g/mol.